The number of thiophene rings is 1. The lowest BCUT2D eigenvalue weighted by molar-refractivity contribution is 0.660. The summed E-state index contributed by atoms with van der Waals surface area (Å²) >= 11 is 1.87. The molecule has 0 spiro atoms. The number of hydrogen-bond donors (Lipinski definition) is 0. The quantitative estimate of drug-likeness (QED) is 0.166. The molecule has 3 heteroatoms. The van der Waals surface area contributed by atoms with E-state index in [2.05, 4.69) is 231 Å². The van der Waals surface area contributed by atoms with Gasteiger partial charge in [0.1, 0.15) is 11.2 Å². The van der Waals surface area contributed by atoms with Crippen LogP contribution < -0.4 is 4.90 Å². The van der Waals surface area contributed by atoms with E-state index in [1.54, 1.807) is 0 Å². The van der Waals surface area contributed by atoms with Gasteiger partial charge in [-0.15, -0.1) is 11.3 Å². The first kappa shape index (κ1) is 36.9. The Morgan fingerprint density at radius 1 is 0.406 bits per heavy atom. The topological polar surface area (TPSA) is 16.4 Å². The summed E-state index contributed by atoms with van der Waals surface area (Å²) in [5.74, 6) is 0. The van der Waals surface area contributed by atoms with Gasteiger partial charge in [0.05, 0.1) is 0 Å². The molecular weight excluding hydrogens is 795 g/mol. The van der Waals surface area contributed by atoms with Crippen LogP contribution in [0.1, 0.15) is 25.0 Å². The second kappa shape index (κ2) is 14.2. The molecule has 10 aromatic carbocycles. The molecule has 0 radical (unpaired) electrons. The maximum Gasteiger partial charge on any atom is 0.143 e. The zero-order chi connectivity index (χ0) is 42.5. The lowest BCUT2D eigenvalue weighted by Crippen LogP contribution is -2.14. The Morgan fingerprint density at radius 3 is 1.86 bits per heavy atom. The van der Waals surface area contributed by atoms with E-state index in [1.165, 1.54) is 81.0 Å². The van der Waals surface area contributed by atoms with Crippen LogP contribution in [0.3, 0.4) is 0 Å². The molecular formula is C61H41NOS. The van der Waals surface area contributed by atoms with Gasteiger partial charge in [-0.25, -0.2) is 0 Å². The molecule has 0 fully saturated rings. The van der Waals surface area contributed by atoms with Crippen LogP contribution in [0.15, 0.2) is 217 Å². The summed E-state index contributed by atoms with van der Waals surface area (Å²) in [6.07, 6.45) is 0. The monoisotopic (exact) mass is 835 g/mol. The van der Waals surface area contributed by atoms with Gasteiger partial charge < -0.3 is 9.32 Å². The minimum Gasteiger partial charge on any atom is -0.455 e. The van der Waals surface area contributed by atoms with Gasteiger partial charge in [-0.1, -0.05) is 166 Å². The predicted octanol–water partition coefficient (Wildman–Crippen LogP) is 17.9. The second-order valence-corrected chi connectivity index (χ2v) is 18.7. The first-order valence-electron chi connectivity index (χ1n) is 22.1. The number of benzene rings is 10. The SMILES string of the molecule is CC1(C)c2ccccc2-c2ccc(-c3c4ccccc4cc4c3oc3cc(N(c5ccc(-c6ccccc6)cc5)c5ccc(-c6cccc7c6sc6ccccc67)cc5)ccc34)cc21. The molecule has 0 bridgehead atoms. The molecule has 0 aliphatic heterocycles. The zero-order valence-electron chi connectivity index (χ0n) is 35.5. The molecule has 13 rings (SSSR count). The zero-order valence-corrected chi connectivity index (χ0v) is 36.3. The molecule has 1 aliphatic carbocycles. The lowest BCUT2D eigenvalue weighted by Gasteiger charge is -2.26. The van der Waals surface area contributed by atoms with Crippen molar-refractivity contribution in [2.45, 2.75) is 19.3 Å². The Labute approximate surface area is 375 Å². The van der Waals surface area contributed by atoms with Crippen LogP contribution >= 0.6 is 11.3 Å². The van der Waals surface area contributed by atoms with Crippen molar-refractivity contribution in [1.29, 1.82) is 0 Å². The molecule has 2 aromatic heterocycles. The van der Waals surface area contributed by atoms with E-state index in [-0.39, 0.29) is 5.41 Å². The van der Waals surface area contributed by atoms with Crippen molar-refractivity contribution in [3.8, 4) is 44.5 Å². The van der Waals surface area contributed by atoms with E-state index in [9.17, 15) is 0 Å². The molecule has 0 atom stereocenters. The summed E-state index contributed by atoms with van der Waals surface area (Å²) in [5, 5.41) is 7.24. The molecule has 0 saturated carbocycles. The van der Waals surface area contributed by atoms with Crippen molar-refractivity contribution in [2.24, 2.45) is 0 Å². The number of furan rings is 1. The number of fused-ring (bicyclic) bond motifs is 10. The summed E-state index contributed by atoms with van der Waals surface area (Å²) in [5.41, 5.74) is 17.4. The van der Waals surface area contributed by atoms with Crippen LogP contribution in [0.5, 0.6) is 0 Å². The summed E-state index contributed by atoms with van der Waals surface area (Å²) < 4.78 is 9.77. The number of rotatable bonds is 6. The number of hydrogen-bond acceptors (Lipinski definition) is 3. The smallest absolute Gasteiger partial charge is 0.143 e. The van der Waals surface area contributed by atoms with Crippen molar-refractivity contribution < 1.29 is 4.42 Å². The van der Waals surface area contributed by atoms with Gasteiger partial charge in [0.25, 0.3) is 0 Å². The third-order valence-electron chi connectivity index (χ3n) is 13.7. The first-order chi connectivity index (χ1) is 31.5. The van der Waals surface area contributed by atoms with Gasteiger partial charge in [0, 0.05) is 65.1 Å². The standard InChI is InChI=1S/C61H41NOS/c1-61(2)54-21-10-8-17-48(54)49-33-27-42(36-55(49)61)58-46-16-7-6-15-41(46)35-53-50-34-32-45(37-56(50)63-59(53)58)62(43-28-23-39(24-29-43)38-13-4-3-5-14-38)44-30-25-40(26-31-44)47-19-12-20-52-51-18-9-11-22-57(51)64-60(47)52/h3-37H,1-2H3. The largest absolute Gasteiger partial charge is 0.455 e. The van der Waals surface area contributed by atoms with Crippen LogP contribution in [0.4, 0.5) is 17.1 Å². The molecule has 2 heterocycles. The molecule has 12 aromatic rings. The van der Waals surface area contributed by atoms with Crippen molar-refractivity contribution >= 4 is 81.3 Å². The fraction of sp³-hybridized carbons (Fsp3) is 0.0492. The van der Waals surface area contributed by atoms with Crippen molar-refractivity contribution in [3.05, 3.63) is 223 Å². The summed E-state index contributed by atoms with van der Waals surface area (Å²) in [6, 6.07) is 77.6. The van der Waals surface area contributed by atoms with Crippen molar-refractivity contribution in [1.82, 2.24) is 0 Å². The average molecular weight is 836 g/mol. The summed E-state index contributed by atoms with van der Waals surface area (Å²) in [6.45, 7) is 4.70. The second-order valence-electron chi connectivity index (χ2n) is 17.6. The minimum absolute atomic E-state index is 0.110. The lowest BCUT2D eigenvalue weighted by atomic mass is 9.81. The highest BCUT2D eigenvalue weighted by molar-refractivity contribution is 7.26. The van der Waals surface area contributed by atoms with E-state index < -0.39 is 0 Å². The maximum absolute atomic E-state index is 7.14. The van der Waals surface area contributed by atoms with E-state index in [0.717, 1.165) is 44.6 Å². The van der Waals surface area contributed by atoms with E-state index in [1.807, 2.05) is 11.3 Å². The Kier molecular flexibility index (Phi) is 8.16. The highest BCUT2D eigenvalue weighted by Gasteiger charge is 2.35. The van der Waals surface area contributed by atoms with Gasteiger partial charge in [-0.2, -0.15) is 0 Å². The van der Waals surface area contributed by atoms with Gasteiger partial charge in [-0.3, -0.25) is 0 Å². The van der Waals surface area contributed by atoms with Crippen LogP contribution in [0.2, 0.25) is 0 Å². The van der Waals surface area contributed by atoms with Gasteiger partial charge in [0.2, 0.25) is 0 Å². The van der Waals surface area contributed by atoms with Gasteiger partial charge >= 0.3 is 0 Å². The van der Waals surface area contributed by atoms with Crippen molar-refractivity contribution in [3.63, 3.8) is 0 Å². The average Bonchev–Trinajstić information content (AvgIpc) is 3.98. The van der Waals surface area contributed by atoms with E-state index in [4.69, 9.17) is 4.42 Å². The highest BCUT2D eigenvalue weighted by atomic mass is 32.1. The van der Waals surface area contributed by atoms with Crippen LogP contribution in [0.25, 0.3) is 97.4 Å². The van der Waals surface area contributed by atoms with Crippen LogP contribution in [-0.2, 0) is 5.41 Å². The Bertz CT molecular complexity index is 3800. The molecule has 2 nitrogen and oxygen atoms in total. The number of nitrogens with zero attached hydrogens (tertiary/aromatic N) is 1. The molecule has 64 heavy (non-hydrogen) atoms. The van der Waals surface area contributed by atoms with Gasteiger partial charge in [-0.05, 0) is 115 Å². The third kappa shape index (κ3) is 5.64. The molecule has 0 saturated heterocycles. The Balaban J connectivity index is 0.963. The predicted molar refractivity (Wildman–Crippen MR) is 273 cm³/mol. The third-order valence-corrected chi connectivity index (χ3v) is 14.9. The molecule has 1 aliphatic rings. The molecule has 0 amide bonds. The van der Waals surface area contributed by atoms with Gasteiger partial charge in [0.15, 0.2) is 0 Å². The summed E-state index contributed by atoms with van der Waals surface area (Å²) in [4.78, 5) is 2.35. The minimum atomic E-state index is -0.110. The number of anilines is 3. The molecule has 0 N–H and O–H groups in total. The van der Waals surface area contributed by atoms with Crippen LogP contribution in [0, 0.1) is 0 Å². The van der Waals surface area contributed by atoms with Crippen LogP contribution in [-0.4, -0.2) is 0 Å². The Morgan fingerprint density at radius 2 is 1.03 bits per heavy atom. The van der Waals surface area contributed by atoms with Crippen molar-refractivity contribution in [2.75, 3.05) is 4.90 Å². The summed E-state index contributed by atoms with van der Waals surface area (Å²) in [7, 11) is 0. The maximum atomic E-state index is 7.14. The highest BCUT2D eigenvalue weighted by Crippen LogP contribution is 2.51. The van der Waals surface area contributed by atoms with E-state index in [0.29, 0.717) is 0 Å². The molecule has 302 valence electrons. The fourth-order valence-corrected chi connectivity index (χ4v) is 11.7. The fourth-order valence-electron chi connectivity index (χ4n) is 10.5. The Hall–Kier alpha value is -7.72. The normalized spacial score (nSPS) is 13.0. The first-order valence-corrected chi connectivity index (χ1v) is 22.9. The van der Waals surface area contributed by atoms with E-state index >= 15 is 0 Å². The molecule has 0 unspecified atom stereocenters.